The minimum atomic E-state index is -0.258. The maximum atomic E-state index is 11.4. The molecule has 0 aliphatic carbocycles. The number of hydrogen-bond donors (Lipinski definition) is 0. The van der Waals surface area contributed by atoms with Gasteiger partial charge in [0.15, 0.2) is 0 Å². The molecule has 0 aliphatic rings. The molecule has 0 fully saturated rings. The Labute approximate surface area is 91.9 Å². The molecule has 0 atom stereocenters. The van der Waals surface area contributed by atoms with Crippen molar-refractivity contribution in [2.75, 3.05) is 0 Å². The van der Waals surface area contributed by atoms with Crippen LogP contribution in [0, 0.1) is 0 Å². The molecule has 79 valence electrons. The third kappa shape index (κ3) is 5.26. The van der Waals surface area contributed by atoms with Gasteiger partial charge < -0.3 is 4.74 Å². The lowest BCUT2D eigenvalue weighted by Gasteiger charge is -2.15. The summed E-state index contributed by atoms with van der Waals surface area (Å²) in [6, 6.07) is 9.66. The van der Waals surface area contributed by atoms with E-state index in [0.717, 1.165) is 5.56 Å². The highest BCUT2D eigenvalue weighted by molar-refractivity contribution is 6.74. The molecule has 15 heavy (non-hydrogen) atoms. The highest BCUT2D eigenvalue weighted by Gasteiger charge is 2.19. The zero-order valence-electron chi connectivity index (χ0n) is 9.49. The summed E-state index contributed by atoms with van der Waals surface area (Å²) < 4.78 is 5.11. The third-order valence-electron chi connectivity index (χ3n) is 1.77. The van der Waals surface area contributed by atoms with Gasteiger partial charge in [0.25, 0.3) is 7.28 Å². The second kappa shape index (κ2) is 5.01. The fourth-order valence-electron chi connectivity index (χ4n) is 1.12. The number of rotatable bonds is 3. The molecule has 1 rings (SSSR count). The van der Waals surface area contributed by atoms with Crippen molar-refractivity contribution in [1.82, 2.24) is 0 Å². The van der Waals surface area contributed by atoms with E-state index in [-0.39, 0.29) is 11.2 Å². The fourth-order valence-corrected chi connectivity index (χ4v) is 1.12. The Balaban J connectivity index is 2.35. The smallest absolute Gasteiger partial charge is 0.267 e. The first kappa shape index (κ1) is 11.8. The Kier molecular flexibility index (Phi) is 3.95. The minimum absolute atomic E-state index is 0.131. The molecule has 0 heterocycles. The molecule has 1 aromatic rings. The molecule has 3 heteroatoms. The molecule has 0 aliphatic heterocycles. The van der Waals surface area contributed by atoms with Crippen LogP contribution in [0.3, 0.4) is 0 Å². The van der Waals surface area contributed by atoms with E-state index in [0.29, 0.717) is 6.61 Å². The molecule has 0 N–H and O–H groups in total. The van der Waals surface area contributed by atoms with E-state index >= 15 is 0 Å². The van der Waals surface area contributed by atoms with Crippen LogP contribution in [0.1, 0.15) is 26.3 Å². The van der Waals surface area contributed by atoms with E-state index in [9.17, 15) is 4.79 Å². The predicted molar refractivity (Wildman–Crippen MR) is 62.1 cm³/mol. The van der Waals surface area contributed by atoms with Gasteiger partial charge in [-0.3, -0.25) is 4.79 Å². The van der Waals surface area contributed by atoms with E-state index in [1.54, 1.807) is 7.28 Å². The minimum Gasteiger partial charge on any atom is -0.469 e. The third-order valence-corrected chi connectivity index (χ3v) is 1.77. The molecule has 0 aromatic heterocycles. The van der Waals surface area contributed by atoms with Crippen LogP contribution < -0.4 is 0 Å². The number of carbonyl (C=O) groups is 1. The topological polar surface area (TPSA) is 26.3 Å². The number of carbonyl (C=O) groups excluding carboxylic acids is 1. The van der Waals surface area contributed by atoms with Crippen LogP contribution in [0.15, 0.2) is 30.3 Å². The van der Waals surface area contributed by atoms with Crippen molar-refractivity contribution in [3.05, 3.63) is 35.9 Å². The van der Waals surface area contributed by atoms with Crippen molar-refractivity contribution in [3.8, 4) is 0 Å². The first-order valence-electron chi connectivity index (χ1n) is 5.04. The van der Waals surface area contributed by atoms with E-state index in [1.165, 1.54) is 0 Å². The first-order chi connectivity index (χ1) is 6.97. The van der Waals surface area contributed by atoms with Crippen LogP contribution in [-0.4, -0.2) is 13.1 Å². The quantitative estimate of drug-likeness (QED) is 0.704. The zero-order valence-corrected chi connectivity index (χ0v) is 9.49. The van der Waals surface area contributed by atoms with Gasteiger partial charge in [0.1, 0.15) is 6.61 Å². The molecular formula is C12H16BO2. The van der Waals surface area contributed by atoms with E-state index in [1.807, 2.05) is 51.1 Å². The molecule has 1 aromatic carbocycles. The Morgan fingerprint density at radius 1 is 1.27 bits per heavy atom. The lowest BCUT2D eigenvalue weighted by Crippen LogP contribution is -2.20. The first-order valence-corrected chi connectivity index (χ1v) is 5.04. The summed E-state index contributed by atoms with van der Waals surface area (Å²) >= 11 is 0. The molecule has 0 spiro atoms. The predicted octanol–water partition coefficient (Wildman–Crippen LogP) is 3.25. The summed E-state index contributed by atoms with van der Waals surface area (Å²) in [5.41, 5.74) is 1.01. The van der Waals surface area contributed by atoms with Gasteiger partial charge in [0.2, 0.25) is 5.87 Å². The van der Waals surface area contributed by atoms with Gasteiger partial charge in [-0.1, -0.05) is 56.4 Å². The summed E-state index contributed by atoms with van der Waals surface area (Å²) in [4.78, 5) is 11.4. The van der Waals surface area contributed by atoms with Gasteiger partial charge in [-0.15, -0.1) is 0 Å². The normalized spacial score (nSPS) is 10.9. The largest absolute Gasteiger partial charge is 0.469 e. The zero-order chi connectivity index (χ0) is 11.3. The van der Waals surface area contributed by atoms with Gasteiger partial charge in [-0.2, -0.15) is 0 Å². The van der Waals surface area contributed by atoms with Crippen molar-refractivity contribution >= 4 is 13.1 Å². The molecule has 0 amide bonds. The summed E-state index contributed by atoms with van der Waals surface area (Å²) in [6.45, 7) is 6.25. The average molecular weight is 203 g/mol. The molecule has 1 radical (unpaired) electrons. The van der Waals surface area contributed by atoms with Crippen LogP contribution in [0.5, 0.6) is 0 Å². The van der Waals surface area contributed by atoms with Gasteiger partial charge in [0.05, 0.1) is 0 Å². The van der Waals surface area contributed by atoms with Crippen molar-refractivity contribution in [3.63, 3.8) is 0 Å². The Hall–Kier alpha value is -1.25. The maximum absolute atomic E-state index is 11.4. The lowest BCUT2D eigenvalue weighted by molar-refractivity contribution is 0.165. The Bertz CT molecular complexity index is 314. The second-order valence-corrected chi connectivity index (χ2v) is 4.60. The van der Waals surface area contributed by atoms with Crippen LogP contribution in [0.2, 0.25) is 5.31 Å². The van der Waals surface area contributed by atoms with Crippen LogP contribution >= 0.6 is 0 Å². The molecule has 0 saturated heterocycles. The second-order valence-electron chi connectivity index (χ2n) is 4.60. The van der Waals surface area contributed by atoms with Gasteiger partial charge >= 0.3 is 0 Å². The van der Waals surface area contributed by atoms with E-state index in [2.05, 4.69) is 0 Å². The van der Waals surface area contributed by atoms with Crippen molar-refractivity contribution in [1.29, 1.82) is 0 Å². The fraction of sp³-hybridized carbons (Fsp3) is 0.417. The van der Waals surface area contributed by atoms with Crippen LogP contribution in [0.4, 0.5) is 4.79 Å². The number of benzene rings is 1. The molecular weight excluding hydrogens is 187 g/mol. The monoisotopic (exact) mass is 203 g/mol. The van der Waals surface area contributed by atoms with Crippen LogP contribution in [-0.2, 0) is 11.3 Å². The standard InChI is InChI=1S/C12H16BO2/c1-12(2,3)13-11(14)15-9-10-7-5-4-6-8-10/h4-8H,9H2,1-3H3. The molecule has 2 nitrogen and oxygen atoms in total. The summed E-state index contributed by atoms with van der Waals surface area (Å²) in [5.74, 6) is -0.258. The molecule has 0 unspecified atom stereocenters. The van der Waals surface area contributed by atoms with Gasteiger partial charge in [-0.05, 0) is 5.56 Å². The van der Waals surface area contributed by atoms with Crippen LogP contribution in [0.25, 0.3) is 0 Å². The van der Waals surface area contributed by atoms with Crippen molar-refractivity contribution in [2.45, 2.75) is 32.7 Å². The van der Waals surface area contributed by atoms with Gasteiger partial charge in [0, 0.05) is 0 Å². The van der Waals surface area contributed by atoms with E-state index < -0.39 is 0 Å². The highest BCUT2D eigenvalue weighted by Crippen LogP contribution is 2.20. The Morgan fingerprint density at radius 3 is 2.40 bits per heavy atom. The van der Waals surface area contributed by atoms with Crippen molar-refractivity contribution in [2.24, 2.45) is 0 Å². The summed E-state index contributed by atoms with van der Waals surface area (Å²) in [6.07, 6.45) is 0. The number of hydrogen-bond acceptors (Lipinski definition) is 2. The SMILES string of the molecule is CC(C)(C)[B]C(=O)OCc1ccccc1. The summed E-state index contributed by atoms with van der Waals surface area (Å²) in [5, 5.41) is -0.131. The van der Waals surface area contributed by atoms with Crippen molar-refractivity contribution < 1.29 is 9.53 Å². The maximum Gasteiger partial charge on any atom is 0.267 e. The van der Waals surface area contributed by atoms with E-state index in [4.69, 9.17) is 4.74 Å². The highest BCUT2D eigenvalue weighted by atomic mass is 16.5. The number of ether oxygens (including phenoxy) is 1. The average Bonchev–Trinajstić information content (AvgIpc) is 2.14. The molecule has 0 bridgehead atoms. The van der Waals surface area contributed by atoms with Gasteiger partial charge in [-0.25, -0.2) is 0 Å². The molecule has 0 saturated carbocycles. The lowest BCUT2D eigenvalue weighted by atomic mass is 9.55. The Morgan fingerprint density at radius 2 is 1.87 bits per heavy atom. The summed E-state index contributed by atoms with van der Waals surface area (Å²) in [7, 11) is 1.59.